The lowest BCUT2D eigenvalue weighted by atomic mass is 9.56. The lowest BCUT2D eigenvalue weighted by Crippen LogP contribution is -2.59. The number of fused-ring (bicyclic) bond motifs is 1. The van der Waals surface area contributed by atoms with Gasteiger partial charge < -0.3 is 19.3 Å². The monoisotopic (exact) mass is 511 g/mol. The molecule has 1 atom stereocenters. The second-order valence-electron chi connectivity index (χ2n) is 10.8. The van der Waals surface area contributed by atoms with Crippen molar-refractivity contribution in [3.8, 4) is 5.75 Å². The molecule has 2 aromatic carbocycles. The summed E-state index contributed by atoms with van der Waals surface area (Å²) >= 11 is 0. The summed E-state index contributed by atoms with van der Waals surface area (Å²) in [6.45, 7) is 2.12. The number of carbonyl (C=O) groups is 4. The lowest BCUT2D eigenvalue weighted by Gasteiger charge is -2.40. The number of nitrogens with one attached hydrogen (secondary N) is 1. The maximum absolute atomic E-state index is 13.7. The standard InChI is InChI=1S/C25H29B4N3O6/c26-15-9-16(27)22(38-11-14-3-1-13(2-4-14)10-31-7-8-37-12-19(31)34)21-20(15)24(36)32(25(21,28)29)17-5-6-18(33)30-23(17)35/h1-4,9,17H,5-8,10-12,26-29H2,(H,30,33,35). The van der Waals surface area contributed by atoms with Gasteiger partial charge in [0, 0.05) is 36.0 Å². The average Bonchev–Trinajstić information content (AvgIpc) is 3.07. The second-order valence-corrected chi connectivity index (χ2v) is 10.8. The fraction of sp³-hybridized carbons (Fsp3) is 0.360. The highest BCUT2D eigenvalue weighted by molar-refractivity contribution is 6.48. The molecule has 13 heteroatoms. The first-order chi connectivity index (χ1) is 18.1. The highest BCUT2D eigenvalue weighted by Crippen LogP contribution is 2.41. The minimum Gasteiger partial charge on any atom is -0.489 e. The van der Waals surface area contributed by atoms with Gasteiger partial charge >= 0.3 is 0 Å². The number of nitrogens with zero attached hydrogens (tertiary/aromatic N) is 2. The van der Waals surface area contributed by atoms with Gasteiger partial charge in [0.05, 0.1) is 6.61 Å². The number of ether oxygens (including phenoxy) is 2. The highest BCUT2D eigenvalue weighted by Gasteiger charge is 2.51. The maximum atomic E-state index is 13.7. The number of benzene rings is 2. The van der Waals surface area contributed by atoms with Crippen LogP contribution in [0.25, 0.3) is 0 Å². The molecule has 0 aromatic heterocycles. The first kappa shape index (κ1) is 26.2. The van der Waals surface area contributed by atoms with Gasteiger partial charge in [-0.25, -0.2) is 0 Å². The van der Waals surface area contributed by atoms with Crippen molar-refractivity contribution in [2.45, 2.75) is 37.4 Å². The van der Waals surface area contributed by atoms with E-state index in [0.29, 0.717) is 44.0 Å². The number of carbonyl (C=O) groups excluding carboxylic acids is 4. The van der Waals surface area contributed by atoms with Gasteiger partial charge in [0.15, 0.2) is 0 Å². The van der Waals surface area contributed by atoms with E-state index in [1.807, 2.05) is 61.7 Å². The van der Waals surface area contributed by atoms with Crippen LogP contribution in [0, 0.1) is 0 Å². The van der Waals surface area contributed by atoms with Crippen molar-refractivity contribution in [1.82, 2.24) is 15.1 Å². The molecule has 3 aliphatic rings. The molecule has 0 spiro atoms. The van der Waals surface area contributed by atoms with Crippen molar-refractivity contribution in [2.75, 3.05) is 19.8 Å². The third kappa shape index (κ3) is 4.64. The van der Waals surface area contributed by atoms with Gasteiger partial charge in [0.1, 0.15) is 56.4 Å². The van der Waals surface area contributed by atoms with Gasteiger partial charge in [-0.2, -0.15) is 0 Å². The number of hydrogen-bond acceptors (Lipinski definition) is 6. The molecule has 3 aliphatic heterocycles. The van der Waals surface area contributed by atoms with Crippen LogP contribution in [0.2, 0.25) is 0 Å². The van der Waals surface area contributed by atoms with Gasteiger partial charge in [-0.15, -0.1) is 0 Å². The highest BCUT2D eigenvalue weighted by atomic mass is 16.5. The quantitative estimate of drug-likeness (QED) is 0.312. The SMILES string of the molecule is Bc1cc(B)c2c(c1OCc1ccc(CN3CCOCC3=O)cc1)C(B)(B)N(C1CCC(=O)NC1=O)C2=O. The molecule has 9 nitrogen and oxygen atoms in total. The molecule has 5 rings (SSSR count). The summed E-state index contributed by atoms with van der Waals surface area (Å²) in [7, 11) is 7.71. The number of rotatable bonds is 6. The Morgan fingerprint density at radius 1 is 1.05 bits per heavy atom. The van der Waals surface area contributed by atoms with Crippen molar-refractivity contribution in [2.24, 2.45) is 0 Å². The first-order valence-electron chi connectivity index (χ1n) is 13.0. The maximum Gasteiger partial charge on any atom is 0.253 e. The van der Waals surface area contributed by atoms with E-state index in [-0.39, 0.29) is 30.7 Å². The van der Waals surface area contributed by atoms with E-state index >= 15 is 0 Å². The molecule has 0 aliphatic carbocycles. The second kappa shape index (κ2) is 10.0. The summed E-state index contributed by atoms with van der Waals surface area (Å²) in [5.41, 5.74) is 5.07. The van der Waals surface area contributed by atoms with E-state index in [4.69, 9.17) is 9.47 Å². The van der Waals surface area contributed by atoms with Gasteiger partial charge in [-0.05, 0) is 23.0 Å². The van der Waals surface area contributed by atoms with Crippen LogP contribution in [0.5, 0.6) is 5.75 Å². The zero-order valence-corrected chi connectivity index (χ0v) is 22.3. The lowest BCUT2D eigenvalue weighted by molar-refractivity contribution is -0.143. The fourth-order valence-electron chi connectivity index (χ4n) is 5.80. The Kier molecular flexibility index (Phi) is 6.90. The molecular weight excluding hydrogens is 482 g/mol. The Labute approximate surface area is 225 Å². The summed E-state index contributed by atoms with van der Waals surface area (Å²) in [5, 5.41) is 1.57. The Bertz CT molecular complexity index is 1330. The zero-order valence-electron chi connectivity index (χ0n) is 22.3. The molecule has 2 fully saturated rings. The van der Waals surface area contributed by atoms with E-state index in [2.05, 4.69) is 5.32 Å². The van der Waals surface area contributed by atoms with E-state index in [1.54, 1.807) is 9.80 Å². The summed E-state index contributed by atoms with van der Waals surface area (Å²) in [4.78, 5) is 53.6. The van der Waals surface area contributed by atoms with E-state index in [9.17, 15) is 19.2 Å². The molecule has 192 valence electrons. The van der Waals surface area contributed by atoms with E-state index in [1.165, 1.54) is 0 Å². The number of hydrogen-bond donors (Lipinski definition) is 1. The normalized spacial score (nSPS) is 20.9. The molecule has 1 N–H and O–H groups in total. The number of piperidine rings is 1. The van der Waals surface area contributed by atoms with Gasteiger partial charge in [-0.1, -0.05) is 35.8 Å². The first-order valence-corrected chi connectivity index (χ1v) is 13.0. The molecule has 1 unspecified atom stereocenters. The van der Waals surface area contributed by atoms with Crippen molar-refractivity contribution in [1.29, 1.82) is 0 Å². The largest absolute Gasteiger partial charge is 0.489 e. The molecule has 38 heavy (non-hydrogen) atoms. The van der Waals surface area contributed by atoms with Crippen LogP contribution < -0.4 is 21.0 Å². The summed E-state index contributed by atoms with van der Waals surface area (Å²) < 4.78 is 11.6. The average molecular weight is 511 g/mol. The van der Waals surface area contributed by atoms with Crippen molar-refractivity contribution in [3.05, 3.63) is 52.6 Å². The molecule has 0 radical (unpaired) electrons. The topological polar surface area (TPSA) is 105 Å². The van der Waals surface area contributed by atoms with E-state index in [0.717, 1.165) is 27.6 Å². The van der Waals surface area contributed by atoms with Crippen LogP contribution in [-0.4, -0.2) is 90.6 Å². The van der Waals surface area contributed by atoms with E-state index < -0.39 is 17.3 Å². The van der Waals surface area contributed by atoms with Crippen molar-refractivity contribution < 1.29 is 28.7 Å². The minimum absolute atomic E-state index is 0.00382. The molecule has 2 aromatic rings. The van der Waals surface area contributed by atoms with Crippen LogP contribution in [0.15, 0.2) is 30.3 Å². The summed E-state index contributed by atoms with van der Waals surface area (Å²) in [6, 6.07) is 9.17. The summed E-state index contributed by atoms with van der Waals surface area (Å²) in [6.07, 6.45) is 0.494. The van der Waals surface area contributed by atoms with Gasteiger partial charge in [0.2, 0.25) is 17.7 Å². The molecule has 4 amide bonds. The molecule has 0 saturated carbocycles. The fourth-order valence-corrected chi connectivity index (χ4v) is 5.80. The predicted molar refractivity (Wildman–Crippen MR) is 151 cm³/mol. The van der Waals surface area contributed by atoms with Crippen LogP contribution in [0.1, 0.15) is 39.9 Å². The Hall–Kier alpha value is -3.46. The minimum atomic E-state index is -0.810. The third-order valence-corrected chi connectivity index (χ3v) is 7.69. The number of morpholine rings is 1. The van der Waals surface area contributed by atoms with Gasteiger partial charge in [-0.3, -0.25) is 24.5 Å². The Balaban J connectivity index is 1.37. The van der Waals surface area contributed by atoms with Crippen LogP contribution in [0.3, 0.4) is 0 Å². The Morgan fingerprint density at radius 3 is 2.45 bits per heavy atom. The molecule has 0 bridgehead atoms. The summed E-state index contributed by atoms with van der Waals surface area (Å²) in [5.74, 6) is -0.334. The van der Waals surface area contributed by atoms with Crippen LogP contribution in [0.4, 0.5) is 0 Å². The van der Waals surface area contributed by atoms with Crippen LogP contribution in [-0.2, 0) is 37.6 Å². The predicted octanol–water partition coefficient (Wildman–Crippen LogP) is -4.22. The van der Waals surface area contributed by atoms with Crippen molar-refractivity contribution in [3.63, 3.8) is 0 Å². The molecule has 2 saturated heterocycles. The Morgan fingerprint density at radius 2 is 1.76 bits per heavy atom. The molecular formula is C25H29B4N3O6. The van der Waals surface area contributed by atoms with Gasteiger partial charge in [0.25, 0.3) is 5.91 Å². The number of imide groups is 1. The molecule has 3 heterocycles. The van der Waals surface area contributed by atoms with Crippen molar-refractivity contribution >= 4 is 65.9 Å². The zero-order chi connectivity index (χ0) is 27.2. The van der Waals surface area contributed by atoms with Crippen LogP contribution >= 0.6 is 0 Å². The smallest absolute Gasteiger partial charge is 0.253 e. The third-order valence-electron chi connectivity index (χ3n) is 7.69. The number of amides is 4.